The van der Waals surface area contributed by atoms with Crippen LogP contribution in [-0.4, -0.2) is 34.1 Å². The van der Waals surface area contributed by atoms with E-state index in [2.05, 4.69) is 4.98 Å². The largest absolute Gasteiger partial charge is 0.462 e. The summed E-state index contributed by atoms with van der Waals surface area (Å²) in [4.78, 5) is 44.2. The van der Waals surface area contributed by atoms with Gasteiger partial charge in [0.05, 0.1) is 6.61 Å². The second-order valence-electron chi connectivity index (χ2n) is 7.06. The number of para-hydroxylation sites is 1. The highest BCUT2D eigenvalue weighted by molar-refractivity contribution is 6.03. The smallest absolute Gasteiger partial charge is 0.342 e. The predicted molar refractivity (Wildman–Crippen MR) is 106 cm³/mol. The Morgan fingerprint density at radius 3 is 2.83 bits per heavy atom. The number of amides is 1. The first-order chi connectivity index (χ1) is 13.9. The number of carbonyl (C=O) groups excluding carboxylic acids is 2. The van der Waals surface area contributed by atoms with Crippen LogP contribution < -0.4 is 10.5 Å². The normalized spacial score (nSPS) is 15.6. The average Bonchev–Trinajstić information content (AvgIpc) is 3.20. The van der Waals surface area contributed by atoms with Crippen molar-refractivity contribution in [1.29, 1.82) is 0 Å². The van der Waals surface area contributed by atoms with Gasteiger partial charge in [-0.1, -0.05) is 18.2 Å². The minimum absolute atomic E-state index is 0.00134. The number of ether oxygens (including phenoxy) is 1. The minimum Gasteiger partial charge on any atom is -0.462 e. The third kappa shape index (κ3) is 3.10. The van der Waals surface area contributed by atoms with Crippen LogP contribution in [0.25, 0.3) is 11.1 Å². The van der Waals surface area contributed by atoms with Crippen molar-refractivity contribution in [2.75, 3.05) is 11.5 Å². The molecule has 0 radical (unpaired) electrons. The molecular formula is C21H21N3O5. The lowest BCUT2D eigenvalue weighted by atomic mass is 10.1. The Balaban J connectivity index is 1.71. The second kappa shape index (κ2) is 7.20. The van der Waals surface area contributed by atoms with Crippen LogP contribution in [-0.2, 0) is 22.5 Å². The number of benzene rings is 1. The van der Waals surface area contributed by atoms with Crippen molar-refractivity contribution in [3.8, 4) is 0 Å². The van der Waals surface area contributed by atoms with Gasteiger partial charge in [-0.15, -0.1) is 0 Å². The Morgan fingerprint density at radius 2 is 2.07 bits per heavy atom. The molecule has 0 spiro atoms. The minimum atomic E-state index is -0.645. The van der Waals surface area contributed by atoms with Crippen molar-refractivity contribution in [1.82, 2.24) is 9.55 Å². The van der Waals surface area contributed by atoms with Gasteiger partial charge < -0.3 is 14.1 Å². The van der Waals surface area contributed by atoms with E-state index in [1.165, 1.54) is 10.9 Å². The molecule has 8 nitrogen and oxygen atoms in total. The van der Waals surface area contributed by atoms with E-state index in [0.717, 1.165) is 17.7 Å². The van der Waals surface area contributed by atoms with Crippen LogP contribution in [0.3, 0.4) is 0 Å². The topological polar surface area (TPSA) is 94.6 Å². The molecule has 0 bridgehead atoms. The van der Waals surface area contributed by atoms with Crippen molar-refractivity contribution in [3.63, 3.8) is 0 Å². The summed E-state index contributed by atoms with van der Waals surface area (Å²) in [6.07, 6.45) is 2.04. The van der Waals surface area contributed by atoms with E-state index in [1.54, 1.807) is 18.7 Å². The summed E-state index contributed by atoms with van der Waals surface area (Å²) in [5.41, 5.74) is 1.56. The molecule has 3 heterocycles. The van der Waals surface area contributed by atoms with Gasteiger partial charge in [0.1, 0.15) is 29.6 Å². The summed E-state index contributed by atoms with van der Waals surface area (Å²) >= 11 is 0. The molecule has 29 heavy (non-hydrogen) atoms. The highest BCUT2D eigenvalue weighted by Crippen LogP contribution is 2.32. The predicted octanol–water partition coefficient (Wildman–Crippen LogP) is 2.45. The molecule has 1 aromatic carbocycles. The average molecular weight is 395 g/mol. The molecule has 0 unspecified atom stereocenters. The van der Waals surface area contributed by atoms with Crippen LogP contribution in [0.2, 0.25) is 0 Å². The summed E-state index contributed by atoms with van der Waals surface area (Å²) < 4.78 is 11.7. The Morgan fingerprint density at radius 1 is 1.31 bits per heavy atom. The zero-order valence-electron chi connectivity index (χ0n) is 16.5. The number of carbonyl (C=O) groups is 2. The van der Waals surface area contributed by atoms with E-state index in [0.29, 0.717) is 0 Å². The molecule has 8 heteroatoms. The Hall–Kier alpha value is -3.42. The number of hydrogen-bond donors (Lipinski definition) is 0. The zero-order valence-corrected chi connectivity index (χ0v) is 16.5. The zero-order chi connectivity index (χ0) is 20.7. The Labute approximate surface area is 166 Å². The molecular weight excluding hydrogens is 374 g/mol. The van der Waals surface area contributed by atoms with Gasteiger partial charge in [-0.2, -0.15) is 0 Å². The highest BCUT2D eigenvalue weighted by Gasteiger charge is 2.31. The van der Waals surface area contributed by atoms with Gasteiger partial charge in [-0.3, -0.25) is 14.2 Å². The van der Waals surface area contributed by atoms with Gasteiger partial charge in [-0.25, -0.2) is 9.78 Å². The Bertz CT molecular complexity index is 1180. The first kappa shape index (κ1) is 18.9. The summed E-state index contributed by atoms with van der Waals surface area (Å²) in [5, 5.41) is 0.0334. The van der Waals surface area contributed by atoms with E-state index < -0.39 is 11.5 Å². The summed E-state index contributed by atoms with van der Waals surface area (Å²) in [7, 11) is 0. The van der Waals surface area contributed by atoms with Crippen molar-refractivity contribution in [2.45, 2.75) is 39.8 Å². The summed E-state index contributed by atoms with van der Waals surface area (Å²) in [6, 6.07) is 7.73. The quantitative estimate of drug-likeness (QED) is 0.630. The molecule has 0 fully saturated rings. The molecule has 3 aromatic rings. The van der Waals surface area contributed by atoms with Crippen molar-refractivity contribution < 1.29 is 18.7 Å². The van der Waals surface area contributed by atoms with Gasteiger partial charge in [-0.05, 0) is 38.8 Å². The van der Waals surface area contributed by atoms with Crippen LogP contribution in [0.4, 0.5) is 5.69 Å². The van der Waals surface area contributed by atoms with Crippen LogP contribution in [0.5, 0.6) is 0 Å². The monoisotopic (exact) mass is 395 g/mol. The van der Waals surface area contributed by atoms with Crippen LogP contribution in [0.1, 0.15) is 35.5 Å². The number of hydrogen-bond acceptors (Lipinski definition) is 6. The molecule has 150 valence electrons. The lowest BCUT2D eigenvalue weighted by Crippen LogP contribution is -2.40. The maximum Gasteiger partial charge on any atom is 0.342 e. The van der Waals surface area contributed by atoms with E-state index in [4.69, 9.17) is 9.15 Å². The van der Waals surface area contributed by atoms with Crippen molar-refractivity contribution >= 4 is 28.7 Å². The first-order valence-corrected chi connectivity index (χ1v) is 9.48. The van der Waals surface area contributed by atoms with Crippen LogP contribution >= 0.6 is 0 Å². The van der Waals surface area contributed by atoms with E-state index >= 15 is 0 Å². The SMILES string of the molecule is CCOC(=O)c1c(C)oc2ncn(CC(=O)N3c4ccccc4C[C@@H]3C)c(=O)c12. The molecule has 1 aliphatic rings. The number of anilines is 1. The number of aromatic nitrogens is 2. The molecule has 4 rings (SSSR count). The van der Waals surface area contributed by atoms with Gasteiger partial charge >= 0.3 is 5.97 Å². The lowest BCUT2D eigenvalue weighted by Gasteiger charge is -2.23. The van der Waals surface area contributed by atoms with E-state index in [9.17, 15) is 14.4 Å². The number of nitrogens with zero attached hydrogens (tertiary/aromatic N) is 3. The van der Waals surface area contributed by atoms with Crippen LogP contribution in [0.15, 0.2) is 39.8 Å². The molecule has 1 aliphatic heterocycles. The molecule has 0 saturated carbocycles. The molecule has 2 aromatic heterocycles. The number of esters is 1. The first-order valence-electron chi connectivity index (χ1n) is 9.48. The Kier molecular flexibility index (Phi) is 4.70. The highest BCUT2D eigenvalue weighted by atomic mass is 16.5. The molecule has 1 amide bonds. The second-order valence-corrected chi connectivity index (χ2v) is 7.06. The van der Waals surface area contributed by atoms with Gasteiger partial charge in [0.25, 0.3) is 5.56 Å². The van der Waals surface area contributed by atoms with Crippen molar-refractivity contribution in [3.05, 3.63) is 57.8 Å². The molecule has 0 saturated heterocycles. The maximum absolute atomic E-state index is 13.0. The number of furan rings is 1. The fourth-order valence-corrected chi connectivity index (χ4v) is 3.87. The molecule has 0 aliphatic carbocycles. The third-order valence-corrected chi connectivity index (χ3v) is 5.12. The van der Waals surface area contributed by atoms with Crippen molar-refractivity contribution in [2.24, 2.45) is 0 Å². The third-order valence-electron chi connectivity index (χ3n) is 5.12. The van der Waals surface area contributed by atoms with Gasteiger partial charge in [0.2, 0.25) is 11.6 Å². The standard InChI is InChI=1S/C21H21N3O5/c1-4-28-21(27)17-13(3)29-19-18(17)20(26)23(11-22-19)10-16(25)24-12(2)9-14-7-5-6-8-15(14)24/h5-8,11-12H,4,9-10H2,1-3H3/t12-/m0/s1. The van der Waals surface area contributed by atoms with Gasteiger partial charge in [0.15, 0.2) is 0 Å². The fraction of sp³-hybridized carbons (Fsp3) is 0.333. The number of fused-ring (bicyclic) bond motifs is 2. The summed E-state index contributed by atoms with van der Waals surface area (Å²) in [6.45, 7) is 5.21. The molecule has 1 atom stereocenters. The van der Waals surface area contributed by atoms with Crippen LogP contribution in [0, 0.1) is 6.92 Å². The number of aryl methyl sites for hydroxylation is 1. The lowest BCUT2D eigenvalue weighted by molar-refractivity contribution is -0.119. The molecule has 0 N–H and O–H groups in total. The number of rotatable bonds is 4. The van der Waals surface area contributed by atoms with Gasteiger partial charge in [0, 0.05) is 11.7 Å². The summed E-state index contributed by atoms with van der Waals surface area (Å²) in [5.74, 6) is -0.605. The fourth-order valence-electron chi connectivity index (χ4n) is 3.87. The van der Waals surface area contributed by atoms with E-state index in [-0.39, 0.29) is 47.5 Å². The van der Waals surface area contributed by atoms with E-state index in [1.807, 2.05) is 31.2 Å². The maximum atomic E-state index is 13.0.